The van der Waals surface area contributed by atoms with Gasteiger partial charge in [-0.15, -0.1) is 0 Å². The van der Waals surface area contributed by atoms with Crippen molar-refractivity contribution in [1.82, 2.24) is 15.0 Å². The molecule has 20 heavy (non-hydrogen) atoms. The minimum atomic E-state index is -0.899. The molecule has 1 fully saturated rings. The lowest BCUT2D eigenvalue weighted by molar-refractivity contribution is 0.461. The SMILES string of the molecule is CCN(c1nc(Cl)nc2c(F)c(Cl)ncc12)[C@H]1C[C@@H]1F. The Balaban J connectivity index is 2.22. The van der Waals surface area contributed by atoms with Crippen molar-refractivity contribution < 1.29 is 8.78 Å². The van der Waals surface area contributed by atoms with E-state index in [1.807, 2.05) is 6.92 Å². The maximum atomic E-state index is 14.0. The molecule has 0 N–H and O–H groups in total. The number of pyridine rings is 1. The summed E-state index contributed by atoms with van der Waals surface area (Å²) >= 11 is 11.5. The van der Waals surface area contributed by atoms with E-state index < -0.39 is 12.0 Å². The lowest BCUT2D eigenvalue weighted by Gasteiger charge is -2.22. The maximum absolute atomic E-state index is 14.0. The highest BCUT2D eigenvalue weighted by Gasteiger charge is 2.43. The second-order valence-corrected chi connectivity index (χ2v) is 5.24. The Morgan fingerprint density at radius 1 is 1.40 bits per heavy atom. The van der Waals surface area contributed by atoms with Gasteiger partial charge in [-0.25, -0.2) is 18.7 Å². The maximum Gasteiger partial charge on any atom is 0.225 e. The average Bonchev–Trinajstić information content (AvgIpc) is 3.12. The zero-order valence-electron chi connectivity index (χ0n) is 10.4. The predicted molar refractivity (Wildman–Crippen MR) is 73.6 cm³/mol. The van der Waals surface area contributed by atoms with Gasteiger partial charge in [0.1, 0.15) is 17.5 Å². The molecule has 2 aromatic rings. The third-order valence-electron chi connectivity index (χ3n) is 3.29. The summed E-state index contributed by atoms with van der Waals surface area (Å²) in [6.07, 6.45) is 0.911. The van der Waals surface area contributed by atoms with E-state index in [-0.39, 0.29) is 22.0 Å². The molecule has 8 heteroatoms. The first-order chi connectivity index (χ1) is 9.52. The third kappa shape index (κ3) is 2.16. The minimum Gasteiger partial charge on any atom is -0.350 e. The summed E-state index contributed by atoms with van der Waals surface area (Å²) in [6, 6.07) is -0.257. The zero-order valence-corrected chi connectivity index (χ0v) is 12.0. The van der Waals surface area contributed by atoms with Crippen LogP contribution >= 0.6 is 23.2 Å². The fourth-order valence-electron chi connectivity index (χ4n) is 2.23. The highest BCUT2D eigenvalue weighted by atomic mass is 35.5. The molecular formula is C12H10Cl2F2N4. The van der Waals surface area contributed by atoms with E-state index >= 15 is 0 Å². The van der Waals surface area contributed by atoms with Gasteiger partial charge < -0.3 is 4.90 Å². The second kappa shape index (κ2) is 4.93. The molecule has 0 spiro atoms. The van der Waals surface area contributed by atoms with E-state index in [1.165, 1.54) is 6.20 Å². The number of hydrogen-bond donors (Lipinski definition) is 0. The van der Waals surface area contributed by atoms with Gasteiger partial charge in [-0.1, -0.05) is 11.6 Å². The molecule has 0 bridgehead atoms. The summed E-state index contributed by atoms with van der Waals surface area (Å²) in [7, 11) is 0. The van der Waals surface area contributed by atoms with Crippen molar-refractivity contribution in [3.05, 3.63) is 22.5 Å². The van der Waals surface area contributed by atoms with E-state index in [4.69, 9.17) is 23.2 Å². The van der Waals surface area contributed by atoms with E-state index in [1.54, 1.807) is 4.90 Å². The van der Waals surface area contributed by atoms with Crippen LogP contribution in [0.25, 0.3) is 10.9 Å². The summed E-state index contributed by atoms with van der Waals surface area (Å²) < 4.78 is 27.3. The van der Waals surface area contributed by atoms with Crippen LogP contribution in [-0.2, 0) is 0 Å². The monoisotopic (exact) mass is 318 g/mol. The molecule has 0 amide bonds. The first-order valence-electron chi connectivity index (χ1n) is 6.11. The number of rotatable bonds is 3. The largest absolute Gasteiger partial charge is 0.350 e. The molecule has 2 heterocycles. The summed E-state index contributed by atoms with van der Waals surface area (Å²) in [5.41, 5.74) is -0.00509. The van der Waals surface area contributed by atoms with Crippen molar-refractivity contribution in [3.63, 3.8) is 0 Å². The van der Waals surface area contributed by atoms with Gasteiger partial charge in [-0.05, 0) is 18.5 Å². The van der Waals surface area contributed by atoms with Crippen molar-refractivity contribution in [2.75, 3.05) is 11.4 Å². The highest BCUT2D eigenvalue weighted by Crippen LogP contribution is 2.37. The van der Waals surface area contributed by atoms with Crippen molar-refractivity contribution in [2.45, 2.75) is 25.6 Å². The van der Waals surface area contributed by atoms with Gasteiger partial charge in [0.2, 0.25) is 5.28 Å². The Morgan fingerprint density at radius 2 is 2.10 bits per heavy atom. The van der Waals surface area contributed by atoms with Crippen LogP contribution in [0, 0.1) is 5.82 Å². The van der Waals surface area contributed by atoms with Crippen molar-refractivity contribution in [3.8, 4) is 0 Å². The van der Waals surface area contributed by atoms with Gasteiger partial charge in [0.05, 0.1) is 11.4 Å². The molecule has 2 aromatic heterocycles. The average molecular weight is 319 g/mol. The summed E-state index contributed by atoms with van der Waals surface area (Å²) in [6.45, 7) is 2.39. The predicted octanol–water partition coefficient (Wildman–Crippen LogP) is 3.41. The molecule has 1 aliphatic rings. The Kier molecular flexibility index (Phi) is 3.38. The highest BCUT2D eigenvalue weighted by molar-refractivity contribution is 6.30. The van der Waals surface area contributed by atoms with Crippen LogP contribution in [-0.4, -0.2) is 33.7 Å². The first-order valence-corrected chi connectivity index (χ1v) is 6.86. The normalized spacial score (nSPS) is 21.2. The van der Waals surface area contributed by atoms with Crippen LogP contribution < -0.4 is 4.90 Å². The van der Waals surface area contributed by atoms with E-state index in [9.17, 15) is 8.78 Å². The van der Waals surface area contributed by atoms with Crippen LogP contribution in [0.4, 0.5) is 14.6 Å². The number of halogens is 4. The van der Waals surface area contributed by atoms with Crippen LogP contribution in [0.5, 0.6) is 0 Å². The minimum absolute atomic E-state index is 0.00509. The lowest BCUT2D eigenvalue weighted by atomic mass is 10.2. The number of fused-ring (bicyclic) bond motifs is 1. The Morgan fingerprint density at radius 3 is 2.70 bits per heavy atom. The molecule has 106 valence electrons. The van der Waals surface area contributed by atoms with E-state index in [0.717, 1.165) is 0 Å². The van der Waals surface area contributed by atoms with Gasteiger partial charge in [-0.2, -0.15) is 4.98 Å². The second-order valence-electron chi connectivity index (χ2n) is 4.55. The van der Waals surface area contributed by atoms with Crippen molar-refractivity contribution in [1.29, 1.82) is 0 Å². The Labute approximate surface area is 123 Å². The Hall–Kier alpha value is -1.27. The molecule has 2 atom stereocenters. The van der Waals surface area contributed by atoms with Crippen molar-refractivity contribution >= 4 is 39.9 Å². The Bertz CT molecular complexity index is 682. The smallest absolute Gasteiger partial charge is 0.225 e. The standard InChI is InChI=1S/C12H10Cl2F2N4/c1-2-20(7-3-6(7)15)11-5-4-17-10(13)8(16)9(5)18-12(14)19-11/h4,6-7H,2-3H2,1H3/t6-,7-/m0/s1. The van der Waals surface area contributed by atoms with E-state index in [0.29, 0.717) is 24.2 Å². The van der Waals surface area contributed by atoms with Crippen LogP contribution in [0.15, 0.2) is 6.20 Å². The van der Waals surface area contributed by atoms with Gasteiger partial charge in [0, 0.05) is 19.2 Å². The molecule has 4 nitrogen and oxygen atoms in total. The number of nitrogens with zero attached hydrogens (tertiary/aromatic N) is 4. The fraction of sp³-hybridized carbons (Fsp3) is 0.417. The molecule has 0 radical (unpaired) electrons. The van der Waals surface area contributed by atoms with Gasteiger partial charge in [0.15, 0.2) is 11.0 Å². The van der Waals surface area contributed by atoms with Crippen LogP contribution in [0.3, 0.4) is 0 Å². The molecule has 0 aromatic carbocycles. The zero-order chi connectivity index (χ0) is 14.4. The van der Waals surface area contributed by atoms with E-state index in [2.05, 4.69) is 15.0 Å². The van der Waals surface area contributed by atoms with Gasteiger partial charge in [0.25, 0.3) is 0 Å². The van der Waals surface area contributed by atoms with Crippen molar-refractivity contribution in [2.24, 2.45) is 0 Å². The lowest BCUT2D eigenvalue weighted by Crippen LogP contribution is -2.28. The quantitative estimate of drug-likeness (QED) is 0.642. The molecule has 3 rings (SSSR count). The topological polar surface area (TPSA) is 41.9 Å². The van der Waals surface area contributed by atoms with Gasteiger partial charge >= 0.3 is 0 Å². The van der Waals surface area contributed by atoms with Gasteiger partial charge in [-0.3, -0.25) is 0 Å². The molecule has 1 saturated carbocycles. The molecule has 0 unspecified atom stereocenters. The van der Waals surface area contributed by atoms with Crippen LogP contribution in [0.2, 0.25) is 10.4 Å². The van der Waals surface area contributed by atoms with Crippen LogP contribution in [0.1, 0.15) is 13.3 Å². The number of anilines is 1. The summed E-state index contributed by atoms with van der Waals surface area (Å²) in [4.78, 5) is 13.5. The molecule has 1 aliphatic carbocycles. The number of alkyl halides is 1. The summed E-state index contributed by atoms with van der Waals surface area (Å²) in [5.74, 6) is -0.367. The number of hydrogen-bond acceptors (Lipinski definition) is 4. The number of aromatic nitrogens is 3. The molecule has 0 aliphatic heterocycles. The molecule has 0 saturated heterocycles. The fourth-order valence-corrected chi connectivity index (χ4v) is 2.53. The molecular weight excluding hydrogens is 309 g/mol. The third-order valence-corrected chi connectivity index (χ3v) is 3.72. The first kappa shape index (κ1) is 13.7. The summed E-state index contributed by atoms with van der Waals surface area (Å²) in [5, 5.41) is -0.0171.